The summed E-state index contributed by atoms with van der Waals surface area (Å²) < 4.78 is 0.798. The summed E-state index contributed by atoms with van der Waals surface area (Å²) in [5.74, 6) is -5.63. The number of phenols is 1. The van der Waals surface area contributed by atoms with E-state index in [1.807, 2.05) is 6.08 Å². The second-order valence-electron chi connectivity index (χ2n) is 10.2. The molecule has 0 unspecified atom stereocenters. The molecule has 1 saturated carbocycles. The molecule has 6 rings (SSSR count). The van der Waals surface area contributed by atoms with Crippen LogP contribution in [-0.2, 0) is 19.2 Å². The van der Waals surface area contributed by atoms with Gasteiger partial charge in [-0.15, -0.1) is 23.2 Å². The summed E-state index contributed by atoms with van der Waals surface area (Å²) in [5.41, 5.74) is 1.10. The number of aromatic hydroxyl groups is 1. The van der Waals surface area contributed by atoms with E-state index < -0.39 is 51.1 Å². The molecule has 202 valence electrons. The summed E-state index contributed by atoms with van der Waals surface area (Å²) in [6.07, 6.45) is 1.89. The van der Waals surface area contributed by atoms with Gasteiger partial charge < -0.3 is 5.11 Å². The summed E-state index contributed by atoms with van der Waals surface area (Å²) in [6, 6.07) is 11.2. The number of likely N-dealkylation sites (tertiary alicyclic amines) is 1. The molecule has 2 aliphatic carbocycles. The molecule has 2 heterocycles. The normalized spacial score (nSPS) is 33.7. The van der Waals surface area contributed by atoms with Crippen LogP contribution in [0.1, 0.15) is 24.3 Å². The minimum absolute atomic E-state index is 0.133. The Morgan fingerprint density at radius 3 is 2.33 bits per heavy atom. The standard InChI is InChI=1S/C27H19Br2Cl3N2O5/c28-11-33-24(38)26(31)10-18-15(21(27(26,32)25(33)39)17-9-13(30)3-8-19(17)35)6-7-16-20(18)23(37)34(22(16)36)14-4-1-12(29)2-5-14/h1-6,8-9,16,18,20-21,35H,7,10-11H2/t16-,18+,20-,21+,26+,27-/m0/s1. The largest absolute Gasteiger partial charge is 0.508 e. The van der Waals surface area contributed by atoms with Gasteiger partial charge in [0.15, 0.2) is 9.75 Å². The molecule has 0 radical (unpaired) electrons. The van der Waals surface area contributed by atoms with Crippen molar-refractivity contribution in [1.82, 2.24) is 4.90 Å². The smallest absolute Gasteiger partial charge is 0.254 e. The zero-order valence-electron chi connectivity index (χ0n) is 19.9. The average Bonchev–Trinajstić information content (AvgIpc) is 3.24. The number of phenolic OH excluding ortho intramolecular Hbond substituents is 1. The number of carbonyl (C=O) groups is 4. The number of nitrogens with zero attached hydrogens (tertiary/aromatic N) is 2. The van der Waals surface area contributed by atoms with Gasteiger partial charge >= 0.3 is 0 Å². The van der Waals surface area contributed by atoms with Crippen molar-refractivity contribution in [2.24, 2.45) is 17.8 Å². The van der Waals surface area contributed by atoms with Crippen molar-refractivity contribution in [3.05, 3.63) is 69.2 Å². The van der Waals surface area contributed by atoms with Crippen LogP contribution < -0.4 is 4.90 Å². The van der Waals surface area contributed by atoms with E-state index in [-0.39, 0.29) is 40.5 Å². The molecule has 12 heteroatoms. The van der Waals surface area contributed by atoms with Gasteiger partial charge in [-0.25, -0.2) is 0 Å². The van der Waals surface area contributed by atoms with Crippen molar-refractivity contribution in [3.63, 3.8) is 0 Å². The second kappa shape index (κ2) is 9.31. The number of hydrogen-bond donors (Lipinski definition) is 1. The number of carbonyl (C=O) groups excluding carboxylic acids is 4. The topological polar surface area (TPSA) is 95.0 Å². The van der Waals surface area contributed by atoms with Crippen LogP contribution in [0.5, 0.6) is 5.75 Å². The molecule has 7 nitrogen and oxygen atoms in total. The average molecular weight is 718 g/mol. The van der Waals surface area contributed by atoms with Gasteiger partial charge in [-0.3, -0.25) is 29.0 Å². The molecule has 1 N–H and O–H groups in total. The Morgan fingerprint density at radius 2 is 1.67 bits per heavy atom. The highest BCUT2D eigenvalue weighted by Crippen LogP contribution is 2.66. The van der Waals surface area contributed by atoms with E-state index in [2.05, 4.69) is 31.9 Å². The number of rotatable bonds is 3. The lowest BCUT2D eigenvalue weighted by Gasteiger charge is -2.50. The monoisotopic (exact) mass is 714 g/mol. The zero-order valence-corrected chi connectivity index (χ0v) is 25.4. The number of amides is 4. The molecule has 3 fully saturated rings. The Morgan fingerprint density at radius 1 is 0.974 bits per heavy atom. The van der Waals surface area contributed by atoms with Gasteiger partial charge in [-0.1, -0.05) is 55.1 Å². The van der Waals surface area contributed by atoms with Crippen molar-refractivity contribution in [2.75, 3.05) is 10.4 Å². The fourth-order valence-electron chi connectivity index (χ4n) is 6.70. The number of hydrogen-bond acceptors (Lipinski definition) is 5. The highest BCUT2D eigenvalue weighted by molar-refractivity contribution is 9.10. The first kappa shape index (κ1) is 27.3. The van der Waals surface area contributed by atoms with Gasteiger partial charge in [0, 0.05) is 21.0 Å². The van der Waals surface area contributed by atoms with E-state index in [0.717, 1.165) is 9.37 Å². The van der Waals surface area contributed by atoms with E-state index >= 15 is 0 Å². The summed E-state index contributed by atoms with van der Waals surface area (Å²) in [4.78, 5) is 53.1. The summed E-state index contributed by atoms with van der Waals surface area (Å²) >= 11 is 27.2. The molecule has 2 aliphatic heterocycles. The highest BCUT2D eigenvalue weighted by Gasteiger charge is 2.76. The molecule has 2 saturated heterocycles. The number of imide groups is 2. The van der Waals surface area contributed by atoms with E-state index in [4.69, 9.17) is 34.8 Å². The van der Waals surface area contributed by atoms with Crippen LogP contribution in [0, 0.1) is 17.8 Å². The Bertz CT molecular complexity index is 1500. The first-order valence-corrected chi connectivity index (χ1v) is 15.1. The summed E-state index contributed by atoms with van der Waals surface area (Å²) in [5, 5.41) is 11.2. The van der Waals surface area contributed by atoms with Crippen LogP contribution in [0.15, 0.2) is 58.6 Å². The van der Waals surface area contributed by atoms with Crippen molar-refractivity contribution < 1.29 is 24.3 Å². The van der Waals surface area contributed by atoms with E-state index in [1.54, 1.807) is 24.3 Å². The second-order valence-corrected chi connectivity index (χ2v) is 13.3. The van der Waals surface area contributed by atoms with Crippen molar-refractivity contribution in [2.45, 2.75) is 28.5 Å². The Balaban J connectivity index is 1.53. The third kappa shape index (κ3) is 3.59. The van der Waals surface area contributed by atoms with Gasteiger partial charge in [-0.2, -0.15) is 0 Å². The lowest BCUT2D eigenvalue weighted by atomic mass is 9.56. The minimum Gasteiger partial charge on any atom is -0.508 e. The summed E-state index contributed by atoms with van der Waals surface area (Å²) in [6.45, 7) is 0. The van der Waals surface area contributed by atoms with Gasteiger partial charge in [-0.05, 0) is 61.2 Å². The molecule has 4 aliphatic rings. The minimum atomic E-state index is -2.01. The van der Waals surface area contributed by atoms with Gasteiger partial charge in [0.25, 0.3) is 11.8 Å². The predicted octanol–water partition coefficient (Wildman–Crippen LogP) is 5.72. The molecule has 0 bridgehead atoms. The number of benzene rings is 2. The third-order valence-corrected chi connectivity index (χ3v) is 11.1. The molecule has 39 heavy (non-hydrogen) atoms. The molecule has 0 aromatic heterocycles. The molecular weight excluding hydrogens is 698 g/mol. The van der Waals surface area contributed by atoms with Gasteiger partial charge in [0.2, 0.25) is 11.8 Å². The predicted molar refractivity (Wildman–Crippen MR) is 153 cm³/mol. The number of allylic oxidation sites excluding steroid dienone is 2. The maximum Gasteiger partial charge on any atom is 0.254 e. The maximum atomic E-state index is 13.9. The van der Waals surface area contributed by atoms with Crippen LogP contribution >= 0.6 is 66.7 Å². The van der Waals surface area contributed by atoms with Crippen LogP contribution in [0.4, 0.5) is 5.69 Å². The fourth-order valence-corrected chi connectivity index (χ4v) is 8.56. The number of alkyl halides is 3. The number of anilines is 1. The van der Waals surface area contributed by atoms with Crippen molar-refractivity contribution in [1.29, 1.82) is 0 Å². The molecular formula is C27H19Br2Cl3N2O5. The molecule has 2 aromatic rings. The van der Waals surface area contributed by atoms with Crippen LogP contribution in [0.3, 0.4) is 0 Å². The van der Waals surface area contributed by atoms with E-state index in [9.17, 15) is 24.3 Å². The molecule has 4 amide bonds. The Kier molecular flexibility index (Phi) is 6.51. The quantitative estimate of drug-likeness (QED) is 0.190. The first-order valence-electron chi connectivity index (χ1n) is 12.1. The lowest BCUT2D eigenvalue weighted by Crippen LogP contribution is -2.60. The SMILES string of the molecule is O=C1[C@H]2[C@H](CC=C3[C@H]2C[C@@]2(Cl)C(=O)N(CBr)C(=O)[C@@]2(Cl)[C@H]3c2cc(Cl)ccc2O)C(=O)N1c1ccc(Br)cc1. The Labute approximate surface area is 255 Å². The molecule has 2 aromatic carbocycles. The van der Waals surface area contributed by atoms with Crippen molar-refractivity contribution in [3.8, 4) is 5.75 Å². The zero-order chi connectivity index (χ0) is 28.0. The number of fused-ring (bicyclic) bond motifs is 4. The fraction of sp³-hybridized carbons (Fsp3) is 0.333. The molecule has 0 spiro atoms. The number of halogens is 5. The summed E-state index contributed by atoms with van der Waals surface area (Å²) in [7, 11) is 0. The van der Waals surface area contributed by atoms with Gasteiger partial charge in [0.05, 0.1) is 23.0 Å². The highest BCUT2D eigenvalue weighted by atomic mass is 79.9. The third-order valence-electron chi connectivity index (χ3n) is 8.40. The van der Waals surface area contributed by atoms with Gasteiger partial charge in [0.1, 0.15) is 5.75 Å². The van der Waals surface area contributed by atoms with E-state index in [1.165, 1.54) is 23.1 Å². The van der Waals surface area contributed by atoms with E-state index in [0.29, 0.717) is 11.3 Å². The van der Waals surface area contributed by atoms with Crippen LogP contribution in [0.25, 0.3) is 0 Å². The molecule has 6 atom stereocenters. The Hall–Kier alpha value is -1.91. The lowest BCUT2D eigenvalue weighted by molar-refractivity contribution is -0.138. The van der Waals surface area contributed by atoms with Crippen molar-refractivity contribution >= 4 is 96.0 Å². The van der Waals surface area contributed by atoms with Crippen LogP contribution in [-0.4, -0.2) is 48.8 Å². The first-order chi connectivity index (χ1) is 18.5. The van der Waals surface area contributed by atoms with Crippen LogP contribution in [0.2, 0.25) is 5.02 Å². The maximum absolute atomic E-state index is 13.9.